The van der Waals surface area contributed by atoms with Crippen LogP contribution in [0.5, 0.6) is 0 Å². The van der Waals surface area contributed by atoms with Gasteiger partial charge in [-0.25, -0.2) is 0 Å². The monoisotopic (exact) mass is 197 g/mol. The molecule has 14 heavy (non-hydrogen) atoms. The zero-order chi connectivity index (χ0) is 10.0. The molecule has 2 nitrogen and oxygen atoms in total. The zero-order valence-electron chi connectivity index (χ0n) is 9.51. The van der Waals surface area contributed by atoms with Gasteiger partial charge in [0.2, 0.25) is 0 Å². The topological polar surface area (TPSA) is 21.3 Å². The van der Waals surface area contributed by atoms with Crippen LogP contribution in [0.4, 0.5) is 0 Å². The van der Waals surface area contributed by atoms with Crippen molar-refractivity contribution in [2.24, 2.45) is 5.41 Å². The number of rotatable bonds is 1. The molecule has 82 valence electrons. The minimum Gasteiger partial charge on any atom is -0.376 e. The molecule has 0 radical (unpaired) electrons. The van der Waals surface area contributed by atoms with Crippen molar-refractivity contribution in [2.45, 2.75) is 58.1 Å². The number of nitrogens with one attached hydrogen (secondary N) is 1. The van der Waals surface area contributed by atoms with Crippen molar-refractivity contribution in [3.8, 4) is 0 Å². The summed E-state index contributed by atoms with van der Waals surface area (Å²) < 4.78 is 6.04. The molecule has 0 aromatic carbocycles. The van der Waals surface area contributed by atoms with E-state index in [2.05, 4.69) is 19.2 Å². The summed E-state index contributed by atoms with van der Waals surface area (Å²) in [6.45, 7) is 6.63. The Labute approximate surface area is 87.4 Å². The summed E-state index contributed by atoms with van der Waals surface area (Å²) in [6, 6.07) is 0.528. The maximum atomic E-state index is 6.04. The van der Waals surface area contributed by atoms with Crippen LogP contribution in [0, 0.1) is 5.41 Å². The Morgan fingerprint density at radius 3 is 2.71 bits per heavy atom. The quantitative estimate of drug-likeness (QED) is 0.696. The molecule has 0 aromatic rings. The van der Waals surface area contributed by atoms with Gasteiger partial charge in [0, 0.05) is 18.0 Å². The van der Waals surface area contributed by atoms with E-state index in [1.54, 1.807) is 0 Å². The molecule has 2 unspecified atom stereocenters. The van der Waals surface area contributed by atoms with Gasteiger partial charge in [0.25, 0.3) is 0 Å². The Morgan fingerprint density at radius 1 is 1.36 bits per heavy atom. The Kier molecular flexibility index (Phi) is 3.13. The predicted octanol–water partition coefficient (Wildman–Crippen LogP) is 2.33. The van der Waals surface area contributed by atoms with Crippen LogP contribution in [-0.4, -0.2) is 25.3 Å². The summed E-state index contributed by atoms with van der Waals surface area (Å²) in [5, 5.41) is 3.65. The summed E-state index contributed by atoms with van der Waals surface area (Å²) in [6.07, 6.45) is 7.08. The van der Waals surface area contributed by atoms with Crippen molar-refractivity contribution in [1.82, 2.24) is 5.32 Å². The number of hydrogen-bond acceptors (Lipinski definition) is 2. The van der Waals surface area contributed by atoms with Crippen LogP contribution in [0.1, 0.15) is 46.0 Å². The van der Waals surface area contributed by atoms with Gasteiger partial charge in [-0.15, -0.1) is 0 Å². The molecular weight excluding hydrogens is 174 g/mol. The first kappa shape index (κ1) is 10.4. The summed E-state index contributed by atoms with van der Waals surface area (Å²) in [4.78, 5) is 0. The van der Waals surface area contributed by atoms with Crippen LogP contribution in [0.25, 0.3) is 0 Å². The molecule has 1 N–H and O–H groups in total. The molecule has 2 aliphatic rings. The molecule has 0 bridgehead atoms. The Hall–Kier alpha value is -0.0800. The van der Waals surface area contributed by atoms with Gasteiger partial charge < -0.3 is 10.1 Å². The van der Waals surface area contributed by atoms with Gasteiger partial charge in [-0.2, -0.15) is 0 Å². The van der Waals surface area contributed by atoms with Gasteiger partial charge >= 0.3 is 0 Å². The van der Waals surface area contributed by atoms with E-state index >= 15 is 0 Å². The molecule has 1 heterocycles. The Morgan fingerprint density at radius 2 is 2.07 bits per heavy atom. The third-order valence-electron chi connectivity index (χ3n) is 4.03. The lowest BCUT2D eigenvalue weighted by Crippen LogP contribution is -2.39. The van der Waals surface area contributed by atoms with Crippen molar-refractivity contribution < 1.29 is 4.74 Å². The lowest BCUT2D eigenvalue weighted by Gasteiger charge is -2.26. The molecular formula is C12H23NO. The highest BCUT2D eigenvalue weighted by atomic mass is 16.5. The van der Waals surface area contributed by atoms with Crippen molar-refractivity contribution in [1.29, 1.82) is 0 Å². The standard InChI is InChI=1S/C12H23NO/c1-3-11-10(2)13-8-12(9-14-11)6-4-5-7-12/h10-11,13H,3-9H2,1-2H3. The van der Waals surface area contributed by atoms with Crippen LogP contribution in [0.3, 0.4) is 0 Å². The number of hydrogen-bond donors (Lipinski definition) is 1. The third-order valence-corrected chi connectivity index (χ3v) is 4.03. The lowest BCUT2D eigenvalue weighted by atomic mass is 9.87. The van der Waals surface area contributed by atoms with E-state index in [0.29, 0.717) is 17.6 Å². The molecule has 0 aromatic heterocycles. The summed E-state index contributed by atoms with van der Waals surface area (Å²) in [5.41, 5.74) is 0.484. The van der Waals surface area contributed by atoms with Crippen molar-refractivity contribution in [3.05, 3.63) is 0 Å². The molecule has 1 aliphatic heterocycles. The predicted molar refractivity (Wildman–Crippen MR) is 58.4 cm³/mol. The van der Waals surface area contributed by atoms with Crippen molar-refractivity contribution in [3.63, 3.8) is 0 Å². The van der Waals surface area contributed by atoms with Gasteiger partial charge in [0.1, 0.15) is 0 Å². The lowest BCUT2D eigenvalue weighted by molar-refractivity contribution is 0.00377. The smallest absolute Gasteiger partial charge is 0.0722 e. The Balaban J connectivity index is 1.99. The van der Waals surface area contributed by atoms with E-state index in [1.165, 1.54) is 32.2 Å². The van der Waals surface area contributed by atoms with Crippen LogP contribution in [0.15, 0.2) is 0 Å². The van der Waals surface area contributed by atoms with Crippen LogP contribution in [-0.2, 0) is 4.74 Å². The summed E-state index contributed by atoms with van der Waals surface area (Å²) in [5.74, 6) is 0. The molecule has 1 saturated heterocycles. The van der Waals surface area contributed by atoms with Gasteiger partial charge in [-0.1, -0.05) is 19.8 Å². The molecule has 1 aliphatic carbocycles. The second kappa shape index (κ2) is 4.19. The molecule has 0 amide bonds. The first-order valence-electron chi connectivity index (χ1n) is 6.11. The van der Waals surface area contributed by atoms with E-state index < -0.39 is 0 Å². The zero-order valence-corrected chi connectivity index (χ0v) is 9.51. The molecule has 2 atom stereocenters. The van der Waals surface area contributed by atoms with Crippen molar-refractivity contribution >= 4 is 0 Å². The molecule has 1 spiro atoms. The first-order chi connectivity index (χ1) is 6.76. The molecule has 2 heteroatoms. The fraction of sp³-hybridized carbons (Fsp3) is 1.00. The highest BCUT2D eigenvalue weighted by Gasteiger charge is 2.37. The fourth-order valence-electron chi connectivity index (χ4n) is 2.91. The maximum absolute atomic E-state index is 6.04. The highest BCUT2D eigenvalue weighted by Crippen LogP contribution is 2.39. The first-order valence-corrected chi connectivity index (χ1v) is 6.11. The summed E-state index contributed by atoms with van der Waals surface area (Å²) >= 11 is 0. The van der Waals surface area contributed by atoms with Crippen molar-refractivity contribution in [2.75, 3.05) is 13.2 Å². The van der Waals surface area contributed by atoms with Gasteiger partial charge in [-0.05, 0) is 26.2 Å². The average Bonchev–Trinajstić information content (AvgIpc) is 2.58. The van der Waals surface area contributed by atoms with Crippen LogP contribution < -0.4 is 5.32 Å². The second-order valence-corrected chi connectivity index (χ2v) is 5.13. The fourth-order valence-corrected chi connectivity index (χ4v) is 2.91. The van der Waals surface area contributed by atoms with E-state index in [4.69, 9.17) is 4.74 Å². The third kappa shape index (κ3) is 1.96. The molecule has 1 saturated carbocycles. The van der Waals surface area contributed by atoms with Gasteiger partial charge in [0.15, 0.2) is 0 Å². The van der Waals surface area contributed by atoms with Crippen LogP contribution >= 0.6 is 0 Å². The highest BCUT2D eigenvalue weighted by molar-refractivity contribution is 4.91. The van der Waals surface area contributed by atoms with E-state index in [9.17, 15) is 0 Å². The van der Waals surface area contributed by atoms with E-state index in [-0.39, 0.29) is 0 Å². The maximum Gasteiger partial charge on any atom is 0.0722 e. The SMILES string of the molecule is CCC1OCC2(CCCC2)CNC1C. The average molecular weight is 197 g/mol. The second-order valence-electron chi connectivity index (χ2n) is 5.13. The van der Waals surface area contributed by atoms with E-state index in [1.807, 2.05) is 0 Å². The summed E-state index contributed by atoms with van der Waals surface area (Å²) in [7, 11) is 0. The van der Waals surface area contributed by atoms with Gasteiger partial charge in [-0.3, -0.25) is 0 Å². The van der Waals surface area contributed by atoms with E-state index in [0.717, 1.165) is 13.0 Å². The Bertz CT molecular complexity index is 187. The van der Waals surface area contributed by atoms with Gasteiger partial charge in [0.05, 0.1) is 12.7 Å². The number of ether oxygens (including phenoxy) is 1. The molecule has 2 rings (SSSR count). The largest absolute Gasteiger partial charge is 0.376 e. The normalized spacial score (nSPS) is 37.3. The minimum atomic E-state index is 0.426. The molecule has 2 fully saturated rings. The minimum absolute atomic E-state index is 0.426. The van der Waals surface area contributed by atoms with Crippen LogP contribution in [0.2, 0.25) is 0 Å².